The van der Waals surface area contributed by atoms with Crippen LogP contribution in [0.5, 0.6) is 0 Å². The van der Waals surface area contributed by atoms with Gasteiger partial charge in [0.15, 0.2) is 0 Å². The molecule has 1 heterocycles. The summed E-state index contributed by atoms with van der Waals surface area (Å²) in [5.74, 6) is 0.401. The molecule has 0 unspecified atom stereocenters. The minimum atomic E-state index is -0.430. The minimum Gasteiger partial charge on any atom is -0.368 e. The van der Waals surface area contributed by atoms with Gasteiger partial charge in [-0.1, -0.05) is 11.6 Å². The van der Waals surface area contributed by atoms with Crippen LogP contribution in [0, 0.1) is 0 Å². The fourth-order valence-corrected chi connectivity index (χ4v) is 1.96. The molecule has 2 N–H and O–H groups in total. The van der Waals surface area contributed by atoms with Crippen molar-refractivity contribution in [2.45, 2.75) is 12.4 Å². The van der Waals surface area contributed by atoms with Gasteiger partial charge >= 0.3 is 0 Å². The molecule has 0 aliphatic rings. The van der Waals surface area contributed by atoms with Crippen LogP contribution >= 0.6 is 23.2 Å². The molecule has 16 heavy (non-hydrogen) atoms. The summed E-state index contributed by atoms with van der Waals surface area (Å²) in [4.78, 5) is 15.2. The number of halogens is 2. The number of carbonyl (C=O) groups is 1. The number of fused-ring (bicyclic) bond motifs is 1. The smallest absolute Gasteiger partial charge is 0.237 e. The fourth-order valence-electron chi connectivity index (χ4n) is 1.59. The van der Waals surface area contributed by atoms with E-state index >= 15 is 0 Å². The standard InChI is InChI=1S/C10H9Cl2N3O/c11-4-10-14-7-3-6(12)1-2-8(7)15(10)5-9(13)16/h1-3H,4-5H2,(H2,13,16). The molecule has 2 rings (SSSR count). The summed E-state index contributed by atoms with van der Waals surface area (Å²) in [6, 6.07) is 5.26. The maximum absolute atomic E-state index is 10.9. The first kappa shape index (κ1) is 11.2. The van der Waals surface area contributed by atoms with Crippen molar-refractivity contribution in [3.8, 4) is 0 Å². The Labute approximate surface area is 102 Å². The molecule has 0 aliphatic heterocycles. The molecular weight excluding hydrogens is 249 g/mol. The number of imidazole rings is 1. The number of hydrogen-bond donors (Lipinski definition) is 1. The van der Waals surface area contributed by atoms with E-state index in [1.165, 1.54) is 0 Å². The lowest BCUT2D eigenvalue weighted by Crippen LogP contribution is -2.19. The van der Waals surface area contributed by atoms with E-state index in [1.807, 2.05) is 0 Å². The normalized spacial score (nSPS) is 10.9. The summed E-state index contributed by atoms with van der Waals surface area (Å²) < 4.78 is 1.70. The number of alkyl halides is 1. The monoisotopic (exact) mass is 257 g/mol. The van der Waals surface area contributed by atoms with Crippen LogP contribution in [0.4, 0.5) is 0 Å². The molecule has 1 aromatic carbocycles. The van der Waals surface area contributed by atoms with E-state index in [9.17, 15) is 4.79 Å². The van der Waals surface area contributed by atoms with Gasteiger partial charge in [-0.25, -0.2) is 4.98 Å². The molecule has 1 aromatic heterocycles. The number of carbonyl (C=O) groups excluding carboxylic acids is 1. The van der Waals surface area contributed by atoms with Crippen molar-refractivity contribution in [1.82, 2.24) is 9.55 Å². The average Bonchev–Trinajstić information content (AvgIpc) is 2.55. The first-order chi connectivity index (χ1) is 7.61. The Balaban J connectivity index is 2.63. The lowest BCUT2D eigenvalue weighted by Gasteiger charge is -2.03. The van der Waals surface area contributed by atoms with Crippen LogP contribution in [0.15, 0.2) is 18.2 Å². The Bertz CT molecular complexity index is 550. The van der Waals surface area contributed by atoms with Crippen LogP contribution in [-0.4, -0.2) is 15.5 Å². The highest BCUT2D eigenvalue weighted by atomic mass is 35.5. The molecule has 0 aliphatic carbocycles. The maximum atomic E-state index is 10.9. The van der Waals surface area contributed by atoms with Gasteiger partial charge in [0.25, 0.3) is 0 Å². The van der Waals surface area contributed by atoms with Crippen molar-refractivity contribution in [2.24, 2.45) is 5.73 Å². The lowest BCUT2D eigenvalue weighted by atomic mass is 10.3. The van der Waals surface area contributed by atoms with E-state index in [0.717, 1.165) is 5.52 Å². The predicted molar refractivity (Wildman–Crippen MR) is 63.5 cm³/mol. The molecule has 2 aromatic rings. The SMILES string of the molecule is NC(=O)Cn1c(CCl)nc2cc(Cl)ccc21. The first-order valence-corrected chi connectivity index (χ1v) is 5.52. The molecule has 0 bridgehead atoms. The molecule has 0 saturated heterocycles. The summed E-state index contributed by atoms with van der Waals surface area (Å²) in [5.41, 5.74) is 6.69. The van der Waals surface area contributed by atoms with E-state index in [4.69, 9.17) is 28.9 Å². The topological polar surface area (TPSA) is 60.9 Å². The van der Waals surface area contributed by atoms with Crippen LogP contribution in [0.1, 0.15) is 5.82 Å². The van der Waals surface area contributed by atoms with Gasteiger partial charge in [-0.05, 0) is 18.2 Å². The van der Waals surface area contributed by atoms with Crippen molar-refractivity contribution >= 4 is 40.1 Å². The van der Waals surface area contributed by atoms with Gasteiger partial charge in [-0.2, -0.15) is 0 Å². The molecule has 6 heteroatoms. The number of amides is 1. The van der Waals surface area contributed by atoms with Gasteiger partial charge in [0.1, 0.15) is 12.4 Å². The molecular formula is C10H9Cl2N3O. The van der Waals surface area contributed by atoms with Gasteiger partial charge in [-0.15, -0.1) is 11.6 Å². The van der Waals surface area contributed by atoms with Crippen LogP contribution < -0.4 is 5.73 Å². The number of benzene rings is 1. The fraction of sp³-hybridized carbons (Fsp3) is 0.200. The zero-order valence-corrected chi connectivity index (χ0v) is 9.79. The van der Waals surface area contributed by atoms with Crippen molar-refractivity contribution in [3.05, 3.63) is 29.0 Å². The van der Waals surface area contributed by atoms with Crippen LogP contribution in [0.2, 0.25) is 5.02 Å². The van der Waals surface area contributed by atoms with Gasteiger partial charge in [0.2, 0.25) is 5.91 Å². The van der Waals surface area contributed by atoms with E-state index in [1.54, 1.807) is 22.8 Å². The second-order valence-corrected chi connectivity index (χ2v) is 4.05. The molecule has 1 amide bonds. The molecule has 0 saturated carbocycles. The van der Waals surface area contributed by atoms with Crippen molar-refractivity contribution in [1.29, 1.82) is 0 Å². The molecule has 0 radical (unpaired) electrons. The highest BCUT2D eigenvalue weighted by molar-refractivity contribution is 6.31. The Hall–Kier alpha value is -1.26. The largest absolute Gasteiger partial charge is 0.368 e. The quantitative estimate of drug-likeness (QED) is 0.855. The lowest BCUT2D eigenvalue weighted by molar-refractivity contribution is -0.118. The first-order valence-electron chi connectivity index (χ1n) is 4.60. The molecule has 84 valence electrons. The number of aromatic nitrogens is 2. The minimum absolute atomic E-state index is 0.0696. The molecule has 4 nitrogen and oxygen atoms in total. The Morgan fingerprint density at radius 1 is 1.50 bits per heavy atom. The third kappa shape index (κ3) is 1.99. The molecule has 0 fully saturated rings. The highest BCUT2D eigenvalue weighted by Crippen LogP contribution is 2.21. The highest BCUT2D eigenvalue weighted by Gasteiger charge is 2.11. The maximum Gasteiger partial charge on any atom is 0.237 e. The number of primary amides is 1. The van der Waals surface area contributed by atoms with Gasteiger partial charge in [0, 0.05) is 5.02 Å². The van der Waals surface area contributed by atoms with Crippen LogP contribution in [0.3, 0.4) is 0 Å². The number of rotatable bonds is 3. The summed E-state index contributed by atoms with van der Waals surface area (Å²) >= 11 is 11.6. The van der Waals surface area contributed by atoms with E-state index in [2.05, 4.69) is 4.98 Å². The van der Waals surface area contributed by atoms with Crippen molar-refractivity contribution in [3.63, 3.8) is 0 Å². The zero-order valence-electron chi connectivity index (χ0n) is 8.28. The van der Waals surface area contributed by atoms with Crippen LogP contribution in [-0.2, 0) is 17.2 Å². The summed E-state index contributed by atoms with van der Waals surface area (Å²) in [6.07, 6.45) is 0. The summed E-state index contributed by atoms with van der Waals surface area (Å²) in [5, 5.41) is 0.595. The summed E-state index contributed by atoms with van der Waals surface area (Å²) in [6.45, 7) is 0.0696. The van der Waals surface area contributed by atoms with Crippen molar-refractivity contribution < 1.29 is 4.79 Å². The molecule has 0 atom stereocenters. The van der Waals surface area contributed by atoms with E-state index in [0.29, 0.717) is 16.4 Å². The third-order valence-corrected chi connectivity index (χ3v) is 2.70. The van der Waals surface area contributed by atoms with Crippen molar-refractivity contribution in [2.75, 3.05) is 0 Å². The Morgan fingerprint density at radius 3 is 2.88 bits per heavy atom. The number of hydrogen-bond acceptors (Lipinski definition) is 2. The second kappa shape index (κ2) is 4.31. The predicted octanol–water partition coefficient (Wildman–Crippen LogP) is 1.91. The van der Waals surface area contributed by atoms with E-state index < -0.39 is 5.91 Å². The third-order valence-electron chi connectivity index (χ3n) is 2.22. The second-order valence-electron chi connectivity index (χ2n) is 3.35. The number of nitrogens with two attached hydrogens (primary N) is 1. The van der Waals surface area contributed by atoms with Gasteiger partial charge in [-0.3, -0.25) is 4.79 Å². The van der Waals surface area contributed by atoms with E-state index in [-0.39, 0.29) is 12.4 Å². The summed E-state index contributed by atoms with van der Waals surface area (Å²) in [7, 11) is 0. The van der Waals surface area contributed by atoms with Crippen LogP contribution in [0.25, 0.3) is 11.0 Å². The molecule has 0 spiro atoms. The Kier molecular flexibility index (Phi) is 3.03. The zero-order chi connectivity index (χ0) is 11.7. The average molecular weight is 258 g/mol. The van der Waals surface area contributed by atoms with Gasteiger partial charge < -0.3 is 10.3 Å². The van der Waals surface area contributed by atoms with Gasteiger partial charge in [0.05, 0.1) is 16.9 Å². The Morgan fingerprint density at radius 2 is 2.25 bits per heavy atom. The number of nitrogens with zero attached hydrogens (tertiary/aromatic N) is 2.